The first-order valence-corrected chi connectivity index (χ1v) is 10.5. The molecule has 4 aromatic rings. The van der Waals surface area contributed by atoms with Crippen LogP contribution in [0.3, 0.4) is 0 Å². The number of H-pyrrole nitrogens is 1. The molecule has 7 heteroatoms. The molecular weight excluding hydrogens is 424 g/mol. The third-order valence-electron chi connectivity index (χ3n) is 5.49. The van der Waals surface area contributed by atoms with Crippen LogP contribution in [0.15, 0.2) is 83.9 Å². The van der Waals surface area contributed by atoms with Gasteiger partial charge in [0.15, 0.2) is 0 Å². The lowest BCUT2D eigenvalue weighted by Crippen LogP contribution is -2.46. The largest absolute Gasteiger partial charge is 0.351 e. The summed E-state index contributed by atoms with van der Waals surface area (Å²) in [6, 6.07) is 24.2. The Balaban J connectivity index is 1.55. The minimum absolute atomic E-state index is 0.323. The molecule has 3 aromatic carbocycles. The van der Waals surface area contributed by atoms with Crippen molar-refractivity contribution in [2.24, 2.45) is 4.99 Å². The van der Waals surface area contributed by atoms with Crippen molar-refractivity contribution in [1.29, 1.82) is 0 Å². The van der Waals surface area contributed by atoms with E-state index >= 15 is 0 Å². The van der Waals surface area contributed by atoms with E-state index in [4.69, 9.17) is 16.6 Å². The Morgan fingerprint density at radius 1 is 1.03 bits per heavy atom. The number of nitrogens with one attached hydrogen (secondary N) is 2. The second-order valence-corrected chi connectivity index (χ2v) is 7.99. The minimum atomic E-state index is -1.08. The van der Waals surface area contributed by atoms with Crippen LogP contribution in [0.25, 0.3) is 10.9 Å². The fraction of sp³-hybridized carbons (Fsp3) is 0.0800. The van der Waals surface area contributed by atoms with Crippen molar-refractivity contribution in [2.45, 2.75) is 6.17 Å². The highest BCUT2D eigenvalue weighted by molar-refractivity contribution is 6.31. The molecule has 0 radical (unpaired) electrons. The van der Waals surface area contributed by atoms with E-state index in [0.717, 1.165) is 27.7 Å². The second-order valence-electron chi connectivity index (χ2n) is 7.55. The molecular formula is C25H19ClN4O2. The number of benzene rings is 3. The van der Waals surface area contributed by atoms with E-state index in [1.807, 2.05) is 54.6 Å². The zero-order valence-corrected chi connectivity index (χ0v) is 17.9. The first-order chi connectivity index (χ1) is 15.5. The van der Waals surface area contributed by atoms with Gasteiger partial charge in [-0.2, -0.15) is 0 Å². The number of hydrogen-bond acceptors (Lipinski definition) is 3. The van der Waals surface area contributed by atoms with Crippen LogP contribution in [-0.2, 0) is 4.79 Å². The monoisotopic (exact) mass is 442 g/mol. The first kappa shape index (κ1) is 20.0. The fourth-order valence-corrected chi connectivity index (χ4v) is 4.05. The average Bonchev–Trinajstić information content (AvgIpc) is 3.21. The molecule has 0 aliphatic carbocycles. The van der Waals surface area contributed by atoms with Crippen molar-refractivity contribution in [3.63, 3.8) is 0 Å². The molecule has 2 heterocycles. The summed E-state index contributed by atoms with van der Waals surface area (Å²) in [4.78, 5) is 35.6. The van der Waals surface area contributed by atoms with E-state index in [1.54, 1.807) is 31.3 Å². The van der Waals surface area contributed by atoms with Crippen molar-refractivity contribution < 1.29 is 9.59 Å². The molecule has 2 N–H and O–H groups in total. The molecule has 0 bridgehead atoms. The number of carbonyl (C=O) groups excluding carboxylic acids is 2. The SMILES string of the molecule is CN1C(=O)C(NC(=O)c2cc3cc(Cl)ccc3[nH]2)N=C(c2ccccc2)c2ccccc21. The first-order valence-electron chi connectivity index (χ1n) is 10.1. The Kier molecular flexibility index (Phi) is 4.99. The number of benzodiazepines with no additional fused rings is 1. The van der Waals surface area contributed by atoms with E-state index in [9.17, 15) is 9.59 Å². The fourth-order valence-electron chi connectivity index (χ4n) is 3.87. The maximum atomic E-state index is 13.2. The quantitative estimate of drug-likeness (QED) is 0.493. The number of aromatic amines is 1. The van der Waals surface area contributed by atoms with Crippen LogP contribution in [0.2, 0.25) is 5.02 Å². The predicted molar refractivity (Wildman–Crippen MR) is 126 cm³/mol. The van der Waals surface area contributed by atoms with Gasteiger partial charge in [-0.15, -0.1) is 0 Å². The summed E-state index contributed by atoms with van der Waals surface area (Å²) in [6.45, 7) is 0. The summed E-state index contributed by atoms with van der Waals surface area (Å²) in [7, 11) is 1.69. The molecule has 5 rings (SSSR count). The van der Waals surface area contributed by atoms with Gasteiger partial charge in [0.25, 0.3) is 11.8 Å². The Bertz CT molecular complexity index is 1380. The number of aliphatic imine (C=N–C) groups is 1. The van der Waals surface area contributed by atoms with E-state index in [-0.39, 0.29) is 5.91 Å². The summed E-state index contributed by atoms with van der Waals surface area (Å²) < 4.78 is 0. The molecule has 32 heavy (non-hydrogen) atoms. The van der Waals surface area contributed by atoms with Crippen molar-refractivity contribution >= 4 is 45.7 Å². The maximum absolute atomic E-state index is 13.2. The standard InChI is InChI=1S/C25H19ClN4O2/c1-30-21-10-6-5-9-18(21)22(15-7-3-2-4-8-15)28-23(25(30)32)29-24(31)20-14-16-13-17(26)11-12-19(16)27-20/h2-14,23,27H,1H3,(H,29,31). The van der Waals surface area contributed by atoms with Crippen molar-refractivity contribution in [3.8, 4) is 0 Å². The number of para-hydroxylation sites is 1. The van der Waals surface area contributed by atoms with E-state index in [2.05, 4.69) is 10.3 Å². The van der Waals surface area contributed by atoms with Crippen LogP contribution in [0.4, 0.5) is 5.69 Å². The van der Waals surface area contributed by atoms with Gasteiger partial charge in [-0.25, -0.2) is 4.99 Å². The van der Waals surface area contributed by atoms with Crippen LogP contribution in [-0.4, -0.2) is 35.7 Å². The van der Waals surface area contributed by atoms with E-state index in [0.29, 0.717) is 16.4 Å². The number of amides is 2. The molecule has 158 valence electrons. The molecule has 1 aliphatic heterocycles. The zero-order chi connectivity index (χ0) is 22.2. The lowest BCUT2D eigenvalue weighted by molar-refractivity contribution is -0.119. The van der Waals surface area contributed by atoms with Gasteiger partial charge in [0.05, 0.1) is 11.4 Å². The van der Waals surface area contributed by atoms with Gasteiger partial charge in [-0.3, -0.25) is 9.59 Å². The Morgan fingerprint density at radius 2 is 1.78 bits per heavy atom. The van der Waals surface area contributed by atoms with Gasteiger partial charge >= 0.3 is 0 Å². The normalized spacial score (nSPS) is 15.8. The topological polar surface area (TPSA) is 77.6 Å². The Morgan fingerprint density at radius 3 is 2.59 bits per heavy atom. The van der Waals surface area contributed by atoms with Crippen LogP contribution in [0.5, 0.6) is 0 Å². The highest BCUT2D eigenvalue weighted by Gasteiger charge is 2.31. The van der Waals surface area contributed by atoms with Gasteiger partial charge < -0.3 is 15.2 Å². The van der Waals surface area contributed by atoms with Gasteiger partial charge in [-0.1, -0.05) is 60.1 Å². The number of carbonyl (C=O) groups is 2. The van der Waals surface area contributed by atoms with Gasteiger partial charge in [0, 0.05) is 34.1 Å². The number of hydrogen-bond donors (Lipinski definition) is 2. The summed E-state index contributed by atoms with van der Waals surface area (Å²) in [5.41, 5.74) is 4.18. The van der Waals surface area contributed by atoms with Crippen molar-refractivity contribution in [3.05, 3.63) is 101 Å². The summed E-state index contributed by atoms with van der Waals surface area (Å²) >= 11 is 6.05. The van der Waals surface area contributed by atoms with Crippen LogP contribution < -0.4 is 10.2 Å². The Hall–Kier alpha value is -3.90. The van der Waals surface area contributed by atoms with Gasteiger partial charge in [0.1, 0.15) is 5.69 Å². The number of nitrogens with zero attached hydrogens (tertiary/aromatic N) is 2. The zero-order valence-electron chi connectivity index (χ0n) is 17.2. The minimum Gasteiger partial charge on any atom is -0.351 e. The number of halogens is 1. The molecule has 0 saturated carbocycles. The lowest BCUT2D eigenvalue weighted by atomic mass is 10.0. The number of likely N-dealkylation sites (N-methyl/N-ethyl adjacent to an activating group) is 1. The molecule has 0 spiro atoms. The molecule has 6 nitrogen and oxygen atoms in total. The molecule has 1 aromatic heterocycles. The smallest absolute Gasteiger partial charge is 0.272 e. The van der Waals surface area contributed by atoms with Crippen LogP contribution >= 0.6 is 11.6 Å². The molecule has 2 amide bonds. The van der Waals surface area contributed by atoms with Crippen molar-refractivity contribution in [2.75, 3.05) is 11.9 Å². The van der Waals surface area contributed by atoms with Gasteiger partial charge in [-0.05, 0) is 30.3 Å². The molecule has 0 fully saturated rings. The molecule has 1 atom stereocenters. The highest BCUT2D eigenvalue weighted by Crippen LogP contribution is 2.27. The summed E-state index contributed by atoms with van der Waals surface area (Å²) in [5, 5.41) is 4.18. The third-order valence-corrected chi connectivity index (χ3v) is 5.72. The number of anilines is 1. The number of rotatable bonds is 3. The lowest BCUT2D eigenvalue weighted by Gasteiger charge is -2.20. The second kappa shape index (κ2) is 7.98. The number of fused-ring (bicyclic) bond motifs is 2. The summed E-state index contributed by atoms with van der Waals surface area (Å²) in [6.07, 6.45) is -1.08. The Labute approximate surface area is 189 Å². The van der Waals surface area contributed by atoms with E-state index < -0.39 is 12.1 Å². The third kappa shape index (κ3) is 3.55. The number of aromatic nitrogens is 1. The molecule has 0 saturated heterocycles. The van der Waals surface area contributed by atoms with E-state index in [1.165, 1.54) is 4.90 Å². The highest BCUT2D eigenvalue weighted by atomic mass is 35.5. The van der Waals surface area contributed by atoms with Crippen LogP contribution in [0.1, 0.15) is 21.6 Å². The average molecular weight is 443 g/mol. The van der Waals surface area contributed by atoms with Gasteiger partial charge in [0.2, 0.25) is 6.17 Å². The van der Waals surface area contributed by atoms with Crippen LogP contribution in [0, 0.1) is 0 Å². The molecule has 1 unspecified atom stereocenters. The summed E-state index contributed by atoms with van der Waals surface area (Å²) in [5.74, 6) is -0.748. The molecule has 1 aliphatic rings. The van der Waals surface area contributed by atoms with Crippen molar-refractivity contribution in [1.82, 2.24) is 10.3 Å². The maximum Gasteiger partial charge on any atom is 0.272 e. The predicted octanol–water partition coefficient (Wildman–Crippen LogP) is 4.39.